The maximum atomic E-state index is 12.7. The quantitative estimate of drug-likeness (QED) is 0.0737. The molecule has 0 atom stereocenters. The van der Waals surface area contributed by atoms with E-state index in [0.717, 1.165) is 246 Å². The number of anilines is 3. The molecule has 3 aliphatic heterocycles. The van der Waals surface area contributed by atoms with Crippen molar-refractivity contribution in [2.24, 2.45) is 0 Å². The lowest BCUT2D eigenvalue weighted by Gasteiger charge is -2.36. The first kappa shape index (κ1) is 63.2. The molecule has 87 heavy (non-hydrogen) atoms. The van der Waals surface area contributed by atoms with Crippen LogP contribution in [0.1, 0.15) is 123 Å². The van der Waals surface area contributed by atoms with E-state index in [1.807, 2.05) is 30.6 Å². The third-order valence-corrected chi connectivity index (χ3v) is 18.0. The van der Waals surface area contributed by atoms with Gasteiger partial charge in [-0.15, -0.1) is 0 Å². The molecule has 0 saturated carbocycles. The number of rotatable bonds is 15. The zero-order chi connectivity index (χ0) is 61.3. The smallest absolute Gasteiger partial charge is 0.369 e. The van der Waals surface area contributed by atoms with Gasteiger partial charge in [0.1, 0.15) is 0 Å². The van der Waals surface area contributed by atoms with Gasteiger partial charge in [0.25, 0.3) is 0 Å². The van der Waals surface area contributed by atoms with Crippen LogP contribution in [0.4, 0.5) is 56.6 Å². The molecule has 12 rings (SSSR count). The number of nitrogens with zero attached hydrogens (tertiary/aromatic N) is 9. The van der Waals surface area contributed by atoms with Gasteiger partial charge in [-0.2, -0.15) is 39.5 Å². The van der Waals surface area contributed by atoms with E-state index in [1.165, 1.54) is 17.1 Å². The SMILES string of the molecule is O=C1CCCc2c1ccn2CCCCN1CCN(c2ccc(C(F)(F)F)cc2)CC1.O=C1CCCc2c1ccn2CCCN1CCN(c2ccc(C(F)(F)F)cc2)CC1.O=C1CCCc2c1ccn2CCN1CCN(c2ccc(C(F)(F)F)cc2)CC1. The lowest BCUT2D eigenvalue weighted by atomic mass is 9.97. The van der Waals surface area contributed by atoms with Gasteiger partial charge in [-0.05, 0) is 162 Å². The van der Waals surface area contributed by atoms with Gasteiger partial charge in [-0.1, -0.05) is 0 Å². The summed E-state index contributed by atoms with van der Waals surface area (Å²) in [4.78, 5) is 49.5. The highest BCUT2D eigenvalue weighted by molar-refractivity contribution is 5.99. The number of hydrogen-bond acceptors (Lipinski definition) is 9. The van der Waals surface area contributed by atoms with Crippen molar-refractivity contribution >= 4 is 34.4 Å². The first-order chi connectivity index (χ1) is 41.7. The number of Topliss-reactive ketones (excluding diaryl/α,β-unsaturated/α-hetero) is 3. The monoisotopic (exact) mass is 1220 g/mol. The van der Waals surface area contributed by atoms with E-state index in [1.54, 1.807) is 36.4 Å². The maximum Gasteiger partial charge on any atom is 0.416 e. The van der Waals surface area contributed by atoms with E-state index in [9.17, 15) is 53.9 Å². The van der Waals surface area contributed by atoms with Gasteiger partial charge in [-0.25, -0.2) is 0 Å². The van der Waals surface area contributed by atoms with Crippen molar-refractivity contribution in [3.05, 3.63) is 160 Å². The lowest BCUT2D eigenvalue weighted by molar-refractivity contribution is -0.138. The number of benzene rings is 3. The molecule has 0 radical (unpaired) electrons. The number of unbranched alkanes of at least 4 members (excludes halogenated alkanes) is 1. The maximum absolute atomic E-state index is 12.7. The molecule has 6 aromatic rings. The molecular weight excluding hydrogens is 1140 g/mol. The van der Waals surface area contributed by atoms with E-state index in [2.05, 4.69) is 49.3 Å². The summed E-state index contributed by atoms with van der Waals surface area (Å²) in [7, 11) is 0. The zero-order valence-corrected chi connectivity index (χ0v) is 49.3. The Balaban J connectivity index is 0.000000145. The summed E-state index contributed by atoms with van der Waals surface area (Å²) >= 11 is 0. The van der Waals surface area contributed by atoms with Crippen molar-refractivity contribution < 1.29 is 53.9 Å². The molecule has 3 aromatic heterocycles. The van der Waals surface area contributed by atoms with Gasteiger partial charge in [0, 0.05) is 193 Å². The molecule has 3 aliphatic carbocycles. The standard InChI is InChI=1S/C23H28F3N3O.C22H26F3N3O.C21H24F3N3O/c24-23(25,26)18-6-8-19(9-7-18)28-16-14-27(15-17-28)11-1-2-12-29-13-10-20-21(29)4-3-5-22(20)30;23-22(24,25)17-5-7-18(8-6-17)27-15-13-26(14-16-27)10-2-11-28-12-9-19-20(28)3-1-4-21(19)29;22-21(23,24)16-4-6-17(7-5-16)26-13-10-25(11-14-26)12-15-27-9-8-18-19(27)2-1-3-20(18)28/h6-10,13H,1-5,11-12,14-17H2;5-9,12H,1-4,10-11,13-16H2;4-9H,1-3,10-15H2. The largest absolute Gasteiger partial charge is 0.416 e. The molecule has 0 bridgehead atoms. The molecule has 12 nitrogen and oxygen atoms in total. The van der Waals surface area contributed by atoms with Gasteiger partial charge in [0.05, 0.1) is 16.7 Å². The number of carbonyl (C=O) groups is 3. The zero-order valence-electron chi connectivity index (χ0n) is 49.3. The number of ketones is 3. The molecule has 21 heteroatoms. The van der Waals surface area contributed by atoms with Crippen molar-refractivity contribution in [3.8, 4) is 0 Å². The number of aromatic nitrogens is 3. The molecule has 468 valence electrons. The Kier molecular flexibility index (Phi) is 20.4. The van der Waals surface area contributed by atoms with Crippen molar-refractivity contribution in [2.45, 2.75) is 115 Å². The number of hydrogen-bond donors (Lipinski definition) is 0. The molecule has 3 saturated heterocycles. The van der Waals surface area contributed by atoms with E-state index in [4.69, 9.17) is 0 Å². The summed E-state index contributed by atoms with van der Waals surface area (Å²) in [6, 6.07) is 22.2. The van der Waals surface area contributed by atoms with Crippen LogP contribution in [0.25, 0.3) is 0 Å². The Morgan fingerprint density at radius 2 is 0.575 bits per heavy atom. The number of piperazine rings is 3. The number of fused-ring (bicyclic) bond motifs is 3. The van der Waals surface area contributed by atoms with Crippen LogP contribution in [-0.4, -0.2) is 144 Å². The Labute approximate surface area is 503 Å². The van der Waals surface area contributed by atoms with E-state index < -0.39 is 35.2 Å². The summed E-state index contributed by atoms with van der Waals surface area (Å²) in [5.41, 5.74) is 7.00. The predicted octanol–water partition coefficient (Wildman–Crippen LogP) is 12.7. The molecule has 0 unspecified atom stereocenters. The molecular formula is C66H78F9N9O3. The number of aryl methyl sites for hydroxylation is 2. The summed E-state index contributed by atoms with van der Waals surface area (Å²) in [6.07, 6.45) is 4.23. The summed E-state index contributed by atoms with van der Waals surface area (Å²) in [5.74, 6) is 0.801. The Morgan fingerprint density at radius 1 is 0.299 bits per heavy atom. The Bertz CT molecular complexity index is 3230. The van der Waals surface area contributed by atoms with Crippen LogP contribution in [0.3, 0.4) is 0 Å². The van der Waals surface area contributed by atoms with Crippen LogP contribution < -0.4 is 14.7 Å². The lowest BCUT2D eigenvalue weighted by Crippen LogP contribution is -2.47. The van der Waals surface area contributed by atoms with Crippen LogP contribution in [0.15, 0.2) is 110 Å². The van der Waals surface area contributed by atoms with Crippen LogP contribution in [-0.2, 0) is 57.4 Å². The summed E-state index contributed by atoms with van der Waals surface area (Å²) in [6.45, 7) is 16.0. The van der Waals surface area contributed by atoms with Crippen molar-refractivity contribution in [2.75, 3.05) is 113 Å². The first-order valence-electron chi connectivity index (χ1n) is 30.8. The van der Waals surface area contributed by atoms with Crippen molar-refractivity contribution in [1.29, 1.82) is 0 Å². The minimum atomic E-state index is -4.29. The molecule has 6 aliphatic rings. The summed E-state index contributed by atoms with van der Waals surface area (Å²) in [5, 5.41) is 0. The third-order valence-electron chi connectivity index (χ3n) is 18.0. The van der Waals surface area contributed by atoms with Crippen LogP contribution in [0.5, 0.6) is 0 Å². The Morgan fingerprint density at radius 3 is 0.897 bits per heavy atom. The normalized spacial score (nSPS) is 18.2. The molecule has 3 aromatic carbocycles. The second-order valence-electron chi connectivity index (χ2n) is 23.6. The predicted molar refractivity (Wildman–Crippen MR) is 319 cm³/mol. The molecule has 0 N–H and O–H groups in total. The average molecular weight is 1220 g/mol. The Hall–Kier alpha value is -6.84. The molecule has 0 spiro atoms. The first-order valence-corrected chi connectivity index (χ1v) is 30.8. The van der Waals surface area contributed by atoms with Gasteiger partial charge in [0.15, 0.2) is 17.3 Å². The van der Waals surface area contributed by atoms with Crippen LogP contribution in [0, 0.1) is 0 Å². The van der Waals surface area contributed by atoms with Crippen LogP contribution in [0.2, 0.25) is 0 Å². The second-order valence-corrected chi connectivity index (χ2v) is 23.6. The fraction of sp³-hybridized carbons (Fsp3) is 0.500. The minimum absolute atomic E-state index is 0.255. The topological polar surface area (TPSA) is 85.4 Å². The van der Waals surface area contributed by atoms with E-state index >= 15 is 0 Å². The van der Waals surface area contributed by atoms with Gasteiger partial charge in [0.2, 0.25) is 0 Å². The number of halogens is 9. The fourth-order valence-corrected chi connectivity index (χ4v) is 13.0. The highest BCUT2D eigenvalue weighted by atomic mass is 19.4. The highest BCUT2D eigenvalue weighted by Crippen LogP contribution is 2.34. The fourth-order valence-electron chi connectivity index (χ4n) is 13.0. The average Bonchev–Trinajstić information content (AvgIpc) is 3.47. The number of alkyl halides is 9. The molecule has 6 heterocycles. The second kappa shape index (κ2) is 28.1. The molecule has 0 amide bonds. The number of carbonyl (C=O) groups excluding carboxylic acids is 3. The van der Waals surface area contributed by atoms with Gasteiger partial charge in [-0.3, -0.25) is 29.1 Å². The van der Waals surface area contributed by atoms with Crippen molar-refractivity contribution in [3.63, 3.8) is 0 Å². The van der Waals surface area contributed by atoms with E-state index in [0.29, 0.717) is 19.3 Å². The van der Waals surface area contributed by atoms with Crippen molar-refractivity contribution in [1.82, 2.24) is 28.4 Å². The van der Waals surface area contributed by atoms with E-state index in [-0.39, 0.29) is 17.3 Å². The third kappa shape index (κ3) is 16.3. The van der Waals surface area contributed by atoms with Gasteiger partial charge >= 0.3 is 18.5 Å². The molecule has 3 fully saturated rings. The summed E-state index contributed by atoms with van der Waals surface area (Å²) < 4.78 is 121. The minimum Gasteiger partial charge on any atom is -0.369 e. The van der Waals surface area contributed by atoms with Gasteiger partial charge < -0.3 is 28.4 Å². The highest BCUT2D eigenvalue weighted by Gasteiger charge is 2.33. The van der Waals surface area contributed by atoms with Crippen LogP contribution >= 0.6 is 0 Å².